The van der Waals surface area contributed by atoms with E-state index in [-0.39, 0.29) is 36.8 Å². The van der Waals surface area contributed by atoms with Crippen molar-refractivity contribution in [1.82, 2.24) is 9.80 Å². The number of likely N-dealkylation sites (tertiary alicyclic amines) is 1. The maximum Gasteiger partial charge on any atom is 0.411 e. The number of methoxy groups -OCH3 is 1. The highest BCUT2D eigenvalue weighted by Crippen LogP contribution is 2.44. The molecule has 3 aliphatic rings. The summed E-state index contributed by atoms with van der Waals surface area (Å²) in [6, 6.07) is 8.36. The molecule has 0 unspecified atom stereocenters. The average molecular weight is 418 g/mol. The van der Waals surface area contributed by atoms with Gasteiger partial charge >= 0.3 is 6.09 Å². The van der Waals surface area contributed by atoms with Gasteiger partial charge < -0.3 is 23.8 Å². The smallest absolute Gasteiger partial charge is 0.411 e. The summed E-state index contributed by atoms with van der Waals surface area (Å²) in [5.74, 6) is -0.0153. The molecule has 2 amide bonds. The van der Waals surface area contributed by atoms with Crippen molar-refractivity contribution in [3.8, 4) is 0 Å². The SMILES string of the molecule is COCCOCCOCC(=O)N1CCC(N2C(=O)O[C@H]3Cc4ccccc4[C@H]32)CC1. The summed E-state index contributed by atoms with van der Waals surface area (Å²) in [4.78, 5) is 28.7. The van der Waals surface area contributed by atoms with Crippen LogP contribution in [-0.2, 0) is 30.2 Å². The number of amides is 2. The summed E-state index contributed by atoms with van der Waals surface area (Å²) >= 11 is 0. The molecule has 2 atom stereocenters. The first-order valence-corrected chi connectivity index (χ1v) is 10.7. The van der Waals surface area contributed by atoms with Crippen molar-refractivity contribution in [3.05, 3.63) is 35.4 Å². The fraction of sp³-hybridized carbons (Fsp3) is 0.636. The van der Waals surface area contributed by atoms with Crippen molar-refractivity contribution in [2.75, 3.05) is 53.2 Å². The van der Waals surface area contributed by atoms with Crippen LogP contribution < -0.4 is 0 Å². The molecule has 0 N–H and O–H groups in total. The summed E-state index contributed by atoms with van der Waals surface area (Å²) in [5, 5.41) is 0. The molecule has 1 aromatic rings. The van der Waals surface area contributed by atoms with E-state index in [1.165, 1.54) is 11.1 Å². The Hall–Kier alpha value is -2.16. The summed E-state index contributed by atoms with van der Waals surface area (Å²) in [7, 11) is 1.62. The van der Waals surface area contributed by atoms with E-state index in [2.05, 4.69) is 12.1 Å². The van der Waals surface area contributed by atoms with Crippen molar-refractivity contribution in [2.24, 2.45) is 0 Å². The number of benzene rings is 1. The molecule has 1 aromatic carbocycles. The van der Waals surface area contributed by atoms with Gasteiger partial charge in [0.05, 0.1) is 32.5 Å². The second kappa shape index (κ2) is 9.76. The lowest BCUT2D eigenvalue weighted by Crippen LogP contribution is -2.48. The van der Waals surface area contributed by atoms with Gasteiger partial charge in [-0.1, -0.05) is 24.3 Å². The van der Waals surface area contributed by atoms with Crippen LogP contribution in [-0.4, -0.2) is 87.2 Å². The molecule has 0 bridgehead atoms. The number of nitrogens with zero attached hydrogens (tertiary/aromatic N) is 2. The predicted octanol–water partition coefficient (Wildman–Crippen LogP) is 1.78. The molecule has 0 aromatic heterocycles. The molecule has 2 saturated heterocycles. The van der Waals surface area contributed by atoms with Gasteiger partial charge in [0, 0.05) is 32.7 Å². The Morgan fingerprint density at radius 2 is 1.83 bits per heavy atom. The van der Waals surface area contributed by atoms with E-state index in [9.17, 15) is 9.59 Å². The number of carbonyl (C=O) groups is 2. The lowest BCUT2D eigenvalue weighted by atomic mass is 9.99. The van der Waals surface area contributed by atoms with Crippen LogP contribution >= 0.6 is 0 Å². The molecular formula is C22H30N2O6. The van der Waals surface area contributed by atoms with E-state index < -0.39 is 0 Å². The van der Waals surface area contributed by atoms with Gasteiger partial charge in [-0.15, -0.1) is 0 Å². The molecule has 0 saturated carbocycles. The summed E-state index contributed by atoms with van der Waals surface area (Å²) < 4.78 is 21.3. The Bertz CT molecular complexity index is 749. The van der Waals surface area contributed by atoms with E-state index in [4.69, 9.17) is 18.9 Å². The number of carbonyl (C=O) groups excluding carboxylic acids is 2. The molecule has 164 valence electrons. The minimum atomic E-state index is -0.221. The summed E-state index contributed by atoms with van der Waals surface area (Å²) in [6.07, 6.45) is 1.99. The number of piperidine rings is 1. The molecule has 0 spiro atoms. The van der Waals surface area contributed by atoms with Crippen molar-refractivity contribution in [3.63, 3.8) is 0 Å². The van der Waals surface area contributed by atoms with Gasteiger partial charge in [-0.05, 0) is 24.0 Å². The minimum absolute atomic E-state index is 0.00222. The lowest BCUT2D eigenvalue weighted by Gasteiger charge is -2.37. The fourth-order valence-electron chi connectivity index (χ4n) is 4.66. The maximum atomic E-state index is 12.6. The van der Waals surface area contributed by atoms with E-state index >= 15 is 0 Å². The maximum absolute atomic E-state index is 12.6. The highest BCUT2D eigenvalue weighted by molar-refractivity contribution is 5.77. The van der Waals surface area contributed by atoms with Crippen LogP contribution in [0.3, 0.4) is 0 Å². The van der Waals surface area contributed by atoms with Crippen molar-refractivity contribution >= 4 is 12.0 Å². The first kappa shape index (κ1) is 21.1. The second-order valence-electron chi connectivity index (χ2n) is 7.95. The van der Waals surface area contributed by atoms with Crippen LogP contribution in [0, 0.1) is 0 Å². The molecule has 8 heteroatoms. The van der Waals surface area contributed by atoms with Crippen LogP contribution in [0.25, 0.3) is 0 Å². The Balaban J connectivity index is 1.24. The second-order valence-corrected chi connectivity index (χ2v) is 7.95. The monoisotopic (exact) mass is 418 g/mol. The normalized spacial score (nSPS) is 23.4. The first-order valence-electron chi connectivity index (χ1n) is 10.7. The minimum Gasteiger partial charge on any atom is -0.443 e. The zero-order chi connectivity index (χ0) is 20.9. The number of rotatable bonds is 9. The molecule has 30 heavy (non-hydrogen) atoms. The van der Waals surface area contributed by atoms with E-state index in [0.29, 0.717) is 39.5 Å². The molecule has 8 nitrogen and oxygen atoms in total. The van der Waals surface area contributed by atoms with E-state index in [1.54, 1.807) is 7.11 Å². The van der Waals surface area contributed by atoms with Crippen molar-refractivity contribution in [2.45, 2.75) is 37.5 Å². The van der Waals surface area contributed by atoms with Crippen molar-refractivity contribution < 1.29 is 28.5 Å². The molecule has 2 aliphatic heterocycles. The highest BCUT2D eigenvalue weighted by atomic mass is 16.6. The lowest BCUT2D eigenvalue weighted by molar-refractivity contribution is -0.138. The Morgan fingerprint density at radius 1 is 1.10 bits per heavy atom. The number of hydrogen-bond donors (Lipinski definition) is 0. The Morgan fingerprint density at radius 3 is 2.63 bits per heavy atom. The largest absolute Gasteiger partial charge is 0.443 e. The topological polar surface area (TPSA) is 77.5 Å². The third kappa shape index (κ3) is 4.45. The molecule has 1 aliphatic carbocycles. The van der Waals surface area contributed by atoms with Crippen LogP contribution in [0.2, 0.25) is 0 Å². The zero-order valence-electron chi connectivity index (χ0n) is 17.5. The van der Waals surface area contributed by atoms with Gasteiger partial charge in [-0.3, -0.25) is 9.69 Å². The van der Waals surface area contributed by atoms with Crippen LogP contribution in [0.5, 0.6) is 0 Å². The van der Waals surface area contributed by atoms with Gasteiger partial charge in [0.2, 0.25) is 5.91 Å². The molecule has 4 rings (SSSR count). The van der Waals surface area contributed by atoms with Crippen LogP contribution in [0.4, 0.5) is 4.79 Å². The number of fused-ring (bicyclic) bond motifs is 3. The quantitative estimate of drug-likeness (QED) is 0.569. The molecule has 2 heterocycles. The third-order valence-electron chi connectivity index (χ3n) is 6.15. The predicted molar refractivity (Wildman–Crippen MR) is 108 cm³/mol. The third-order valence-corrected chi connectivity index (χ3v) is 6.15. The van der Waals surface area contributed by atoms with Gasteiger partial charge in [0.15, 0.2) is 0 Å². The van der Waals surface area contributed by atoms with Gasteiger partial charge in [-0.2, -0.15) is 0 Å². The van der Waals surface area contributed by atoms with E-state index in [0.717, 1.165) is 19.3 Å². The summed E-state index contributed by atoms with van der Waals surface area (Å²) in [5.41, 5.74) is 2.47. The van der Waals surface area contributed by atoms with Gasteiger partial charge in [0.25, 0.3) is 0 Å². The van der Waals surface area contributed by atoms with Crippen LogP contribution in [0.1, 0.15) is 30.0 Å². The van der Waals surface area contributed by atoms with Crippen molar-refractivity contribution in [1.29, 1.82) is 0 Å². The average Bonchev–Trinajstić information content (AvgIpc) is 3.27. The summed E-state index contributed by atoms with van der Waals surface area (Å²) in [6.45, 7) is 3.20. The van der Waals surface area contributed by atoms with Gasteiger partial charge in [-0.25, -0.2) is 4.79 Å². The molecule has 0 radical (unpaired) electrons. The Kier molecular flexibility index (Phi) is 6.86. The molecular weight excluding hydrogens is 388 g/mol. The number of hydrogen-bond acceptors (Lipinski definition) is 6. The van der Waals surface area contributed by atoms with Crippen LogP contribution in [0.15, 0.2) is 24.3 Å². The number of ether oxygens (including phenoxy) is 4. The molecule has 2 fully saturated rings. The van der Waals surface area contributed by atoms with Gasteiger partial charge in [0.1, 0.15) is 12.7 Å². The standard InChI is InChI=1S/C22H30N2O6/c1-27-10-11-28-12-13-29-15-20(25)23-8-6-17(7-9-23)24-21-18-5-3-2-4-16(18)14-19(21)30-22(24)26/h2-5,17,19,21H,6-15H2,1H3/t19-,21+/m0/s1. The zero-order valence-corrected chi connectivity index (χ0v) is 17.5. The Labute approximate surface area is 177 Å². The van der Waals surface area contributed by atoms with E-state index in [1.807, 2.05) is 21.9 Å². The fourth-order valence-corrected chi connectivity index (χ4v) is 4.66. The first-order chi connectivity index (χ1) is 14.7. The highest BCUT2D eigenvalue weighted by Gasteiger charge is 2.50.